The van der Waals surface area contributed by atoms with E-state index in [0.717, 1.165) is 27.7 Å². The van der Waals surface area contributed by atoms with Gasteiger partial charge in [0.2, 0.25) is 0 Å². The van der Waals surface area contributed by atoms with Gasteiger partial charge in [-0.3, -0.25) is 4.68 Å². The van der Waals surface area contributed by atoms with Crippen LogP contribution in [0.3, 0.4) is 0 Å². The zero-order chi connectivity index (χ0) is 16.4. The highest BCUT2D eigenvalue weighted by Gasteiger charge is 2.15. The van der Waals surface area contributed by atoms with Gasteiger partial charge in [-0.1, -0.05) is 47.5 Å². The minimum atomic E-state index is 0.245. The summed E-state index contributed by atoms with van der Waals surface area (Å²) in [5.41, 5.74) is 3.75. The number of hydrogen-bond donors (Lipinski definition) is 0. The number of nitrogens with zero attached hydrogens (tertiary/aromatic N) is 2. The molecule has 0 aliphatic heterocycles. The van der Waals surface area contributed by atoms with Gasteiger partial charge in [0.1, 0.15) is 12.3 Å². The number of aromatic nitrogens is 2. The van der Waals surface area contributed by atoms with E-state index in [-0.39, 0.29) is 6.79 Å². The lowest BCUT2D eigenvalue weighted by atomic mass is 10.0. The van der Waals surface area contributed by atoms with E-state index in [1.807, 2.05) is 42.1 Å². The van der Waals surface area contributed by atoms with E-state index in [4.69, 9.17) is 32.7 Å². The van der Waals surface area contributed by atoms with Crippen LogP contribution in [0.25, 0.3) is 22.0 Å². The van der Waals surface area contributed by atoms with Gasteiger partial charge in [0.05, 0.1) is 12.3 Å². The van der Waals surface area contributed by atoms with Crippen LogP contribution in [0.1, 0.15) is 5.69 Å². The standard InChI is InChI=1S/C17H16Cl2N2O2/c1-21-16(9-23-10-22-2)14-5-3-4-13(17(14)20-21)12-7-6-11(18)8-15(12)19/h3-8H,9-10H2,1-2H3. The maximum Gasteiger partial charge on any atom is 0.146 e. The van der Waals surface area contributed by atoms with Crippen LogP contribution in [0.4, 0.5) is 0 Å². The van der Waals surface area contributed by atoms with Gasteiger partial charge in [-0.15, -0.1) is 0 Å². The van der Waals surface area contributed by atoms with Gasteiger partial charge < -0.3 is 9.47 Å². The zero-order valence-electron chi connectivity index (χ0n) is 12.8. The Labute approximate surface area is 144 Å². The lowest BCUT2D eigenvalue weighted by Gasteiger charge is -2.06. The predicted octanol–water partition coefficient (Wildman–Crippen LogP) is 4.67. The largest absolute Gasteiger partial charge is 0.359 e. The molecule has 2 aromatic carbocycles. The van der Waals surface area contributed by atoms with Crippen LogP contribution < -0.4 is 0 Å². The maximum atomic E-state index is 6.35. The van der Waals surface area contributed by atoms with Crippen molar-refractivity contribution in [3.05, 3.63) is 52.1 Å². The monoisotopic (exact) mass is 350 g/mol. The molecule has 0 saturated carbocycles. The summed E-state index contributed by atoms with van der Waals surface area (Å²) in [5.74, 6) is 0. The highest BCUT2D eigenvalue weighted by atomic mass is 35.5. The zero-order valence-corrected chi connectivity index (χ0v) is 14.4. The Morgan fingerprint density at radius 3 is 2.70 bits per heavy atom. The van der Waals surface area contributed by atoms with Crippen molar-refractivity contribution < 1.29 is 9.47 Å². The molecule has 4 nitrogen and oxygen atoms in total. The van der Waals surface area contributed by atoms with Gasteiger partial charge in [-0.25, -0.2) is 0 Å². The second-order valence-electron chi connectivity index (χ2n) is 5.15. The molecule has 1 aromatic heterocycles. The number of halogens is 2. The van der Waals surface area contributed by atoms with Gasteiger partial charge in [0, 0.05) is 40.7 Å². The van der Waals surface area contributed by atoms with Crippen LogP contribution in [0.2, 0.25) is 10.0 Å². The molecule has 0 radical (unpaired) electrons. The quantitative estimate of drug-likeness (QED) is 0.495. The fourth-order valence-electron chi connectivity index (χ4n) is 2.59. The third-order valence-electron chi connectivity index (χ3n) is 3.65. The molecule has 0 aliphatic carbocycles. The molecule has 1 heterocycles. The van der Waals surface area contributed by atoms with E-state index in [0.29, 0.717) is 16.7 Å². The average Bonchev–Trinajstić information content (AvgIpc) is 2.84. The smallest absolute Gasteiger partial charge is 0.146 e. The summed E-state index contributed by atoms with van der Waals surface area (Å²) in [6, 6.07) is 11.5. The van der Waals surface area contributed by atoms with Crippen molar-refractivity contribution in [1.82, 2.24) is 9.78 Å². The fourth-order valence-corrected chi connectivity index (χ4v) is 3.10. The summed E-state index contributed by atoms with van der Waals surface area (Å²) in [5, 5.41) is 6.89. The fraction of sp³-hybridized carbons (Fsp3) is 0.235. The SMILES string of the molecule is COCOCc1c2cccc(-c3ccc(Cl)cc3Cl)c2nn1C. The molecule has 0 atom stereocenters. The minimum absolute atomic E-state index is 0.245. The summed E-state index contributed by atoms with van der Waals surface area (Å²) >= 11 is 12.3. The number of rotatable bonds is 5. The molecule has 0 amide bonds. The first-order chi connectivity index (χ1) is 11.1. The van der Waals surface area contributed by atoms with E-state index >= 15 is 0 Å². The first-order valence-electron chi connectivity index (χ1n) is 7.08. The van der Waals surface area contributed by atoms with E-state index in [1.165, 1.54) is 0 Å². The minimum Gasteiger partial charge on any atom is -0.359 e. The average molecular weight is 351 g/mol. The molecule has 0 saturated heterocycles. The van der Waals surface area contributed by atoms with Crippen LogP contribution in [0, 0.1) is 0 Å². The molecule has 0 fully saturated rings. The van der Waals surface area contributed by atoms with Crippen molar-refractivity contribution >= 4 is 34.1 Å². The third kappa shape index (κ3) is 3.21. The highest BCUT2D eigenvalue weighted by molar-refractivity contribution is 6.36. The van der Waals surface area contributed by atoms with Gasteiger partial charge in [0.15, 0.2) is 0 Å². The van der Waals surface area contributed by atoms with Crippen LogP contribution in [0.15, 0.2) is 36.4 Å². The number of fused-ring (bicyclic) bond motifs is 1. The van der Waals surface area contributed by atoms with Gasteiger partial charge in [-0.2, -0.15) is 5.10 Å². The molecule has 120 valence electrons. The Kier molecular flexibility index (Phi) is 4.87. The number of ether oxygens (including phenoxy) is 2. The summed E-state index contributed by atoms with van der Waals surface area (Å²) in [7, 11) is 3.50. The second kappa shape index (κ2) is 6.89. The Hall–Kier alpha value is -1.59. The Morgan fingerprint density at radius 1 is 1.13 bits per heavy atom. The molecular weight excluding hydrogens is 335 g/mol. The van der Waals surface area contributed by atoms with Crippen LogP contribution in [-0.2, 0) is 23.1 Å². The Balaban J connectivity index is 2.11. The van der Waals surface area contributed by atoms with E-state index in [1.54, 1.807) is 13.2 Å². The molecule has 0 N–H and O–H groups in total. The molecule has 0 bridgehead atoms. The lowest BCUT2D eigenvalue weighted by molar-refractivity contribution is -0.0405. The molecule has 0 unspecified atom stereocenters. The van der Waals surface area contributed by atoms with E-state index in [2.05, 4.69) is 5.10 Å². The topological polar surface area (TPSA) is 36.3 Å². The number of benzene rings is 2. The van der Waals surface area contributed by atoms with Crippen molar-refractivity contribution in [2.75, 3.05) is 13.9 Å². The third-order valence-corrected chi connectivity index (χ3v) is 4.20. The number of aryl methyl sites for hydroxylation is 1. The lowest BCUT2D eigenvalue weighted by Crippen LogP contribution is -2.03. The summed E-state index contributed by atoms with van der Waals surface area (Å²) in [4.78, 5) is 0. The molecule has 0 spiro atoms. The van der Waals surface area contributed by atoms with Gasteiger partial charge >= 0.3 is 0 Å². The second-order valence-corrected chi connectivity index (χ2v) is 5.99. The van der Waals surface area contributed by atoms with Crippen LogP contribution >= 0.6 is 23.2 Å². The maximum absolute atomic E-state index is 6.35. The van der Waals surface area contributed by atoms with Crippen molar-refractivity contribution in [2.45, 2.75) is 6.61 Å². The van der Waals surface area contributed by atoms with E-state index in [9.17, 15) is 0 Å². The van der Waals surface area contributed by atoms with Crippen molar-refractivity contribution in [2.24, 2.45) is 7.05 Å². The summed E-state index contributed by atoms with van der Waals surface area (Å²) < 4.78 is 12.2. The van der Waals surface area contributed by atoms with Crippen LogP contribution in [0.5, 0.6) is 0 Å². The highest BCUT2D eigenvalue weighted by Crippen LogP contribution is 2.35. The normalized spacial score (nSPS) is 11.3. The molecule has 3 aromatic rings. The molecule has 6 heteroatoms. The number of hydrogen-bond acceptors (Lipinski definition) is 3. The first-order valence-corrected chi connectivity index (χ1v) is 7.84. The van der Waals surface area contributed by atoms with E-state index < -0.39 is 0 Å². The first kappa shape index (κ1) is 16.3. The number of methoxy groups -OCH3 is 1. The Morgan fingerprint density at radius 2 is 1.96 bits per heavy atom. The van der Waals surface area contributed by atoms with Gasteiger partial charge in [-0.05, 0) is 12.1 Å². The molecule has 23 heavy (non-hydrogen) atoms. The molecular formula is C17H16Cl2N2O2. The molecule has 0 aliphatic rings. The van der Waals surface area contributed by atoms with Crippen molar-refractivity contribution in [3.63, 3.8) is 0 Å². The summed E-state index contributed by atoms with van der Waals surface area (Å²) in [6.45, 7) is 0.675. The predicted molar refractivity (Wildman–Crippen MR) is 92.8 cm³/mol. The summed E-state index contributed by atoms with van der Waals surface area (Å²) in [6.07, 6.45) is 0. The molecule has 3 rings (SSSR count). The van der Waals surface area contributed by atoms with Crippen molar-refractivity contribution in [3.8, 4) is 11.1 Å². The van der Waals surface area contributed by atoms with Crippen molar-refractivity contribution in [1.29, 1.82) is 0 Å². The Bertz CT molecular complexity index is 846. The van der Waals surface area contributed by atoms with Crippen LogP contribution in [-0.4, -0.2) is 23.7 Å². The van der Waals surface area contributed by atoms with Gasteiger partial charge in [0.25, 0.3) is 0 Å².